The number of thiazole rings is 1. The van der Waals surface area contributed by atoms with Crippen LogP contribution in [-0.4, -0.2) is 16.9 Å². The van der Waals surface area contributed by atoms with Crippen LogP contribution in [0.25, 0.3) is 10.6 Å². The van der Waals surface area contributed by atoms with Gasteiger partial charge in [0.15, 0.2) is 0 Å². The van der Waals surface area contributed by atoms with Crippen LogP contribution >= 0.6 is 22.7 Å². The Hall–Kier alpha value is -1.20. The molecular formula is C19H24N2OS2. The van der Waals surface area contributed by atoms with E-state index in [0.717, 1.165) is 28.6 Å². The molecule has 3 unspecified atom stereocenters. The monoisotopic (exact) mass is 360 g/mol. The summed E-state index contributed by atoms with van der Waals surface area (Å²) in [6.07, 6.45) is 4.06. The van der Waals surface area contributed by atoms with E-state index >= 15 is 0 Å². The van der Waals surface area contributed by atoms with Crippen LogP contribution in [-0.2, 0) is 11.2 Å². The van der Waals surface area contributed by atoms with Crippen molar-refractivity contribution < 1.29 is 4.79 Å². The molecule has 2 aromatic rings. The molecular weight excluding hydrogens is 336 g/mol. The van der Waals surface area contributed by atoms with Crippen molar-refractivity contribution in [1.29, 1.82) is 0 Å². The molecule has 4 rings (SSSR count). The number of nitrogens with one attached hydrogen (secondary N) is 1. The van der Waals surface area contributed by atoms with Gasteiger partial charge in [-0.15, -0.1) is 11.3 Å². The van der Waals surface area contributed by atoms with Crippen LogP contribution in [0.1, 0.15) is 45.7 Å². The summed E-state index contributed by atoms with van der Waals surface area (Å²) in [5.74, 6) is 0.865. The van der Waals surface area contributed by atoms with Crippen LogP contribution in [0.4, 0.5) is 0 Å². The number of rotatable bonds is 4. The summed E-state index contributed by atoms with van der Waals surface area (Å²) < 4.78 is 0. The standard InChI is InChI=1S/C19H24N2OS2/c1-18(2)13-4-6-19(18,3)15(8-13)21-16(22)9-14-11-24-17(20-14)12-5-7-23-10-12/h5,7,10-11,13,15H,4,6,8-9H2,1-3H3,(H,21,22). The van der Waals surface area contributed by atoms with E-state index in [4.69, 9.17) is 0 Å². The molecule has 1 N–H and O–H groups in total. The van der Waals surface area contributed by atoms with Crippen molar-refractivity contribution in [3.8, 4) is 10.6 Å². The zero-order valence-corrected chi connectivity index (χ0v) is 16.1. The van der Waals surface area contributed by atoms with Crippen LogP contribution in [0, 0.1) is 16.7 Å². The zero-order valence-electron chi connectivity index (χ0n) is 14.5. The maximum atomic E-state index is 12.5. The fraction of sp³-hybridized carbons (Fsp3) is 0.579. The number of aromatic nitrogens is 1. The van der Waals surface area contributed by atoms with Crippen molar-refractivity contribution in [1.82, 2.24) is 10.3 Å². The molecule has 2 saturated carbocycles. The second-order valence-electron chi connectivity index (χ2n) is 8.06. The van der Waals surface area contributed by atoms with Crippen LogP contribution < -0.4 is 5.32 Å². The molecule has 0 radical (unpaired) electrons. The van der Waals surface area contributed by atoms with Gasteiger partial charge < -0.3 is 5.32 Å². The number of fused-ring (bicyclic) bond motifs is 2. The second kappa shape index (κ2) is 5.67. The van der Waals surface area contributed by atoms with Crippen molar-refractivity contribution in [2.24, 2.45) is 16.7 Å². The maximum absolute atomic E-state index is 12.5. The van der Waals surface area contributed by atoms with Gasteiger partial charge in [0.2, 0.25) is 5.91 Å². The van der Waals surface area contributed by atoms with Gasteiger partial charge in [-0.05, 0) is 47.5 Å². The number of nitrogens with zero attached hydrogens (tertiary/aromatic N) is 1. The smallest absolute Gasteiger partial charge is 0.226 e. The predicted molar refractivity (Wildman–Crippen MR) is 100 cm³/mol. The molecule has 2 aromatic heterocycles. The highest BCUT2D eigenvalue weighted by Gasteiger charge is 2.61. The first-order valence-corrected chi connectivity index (χ1v) is 10.5. The lowest BCUT2D eigenvalue weighted by molar-refractivity contribution is -0.122. The van der Waals surface area contributed by atoms with Crippen molar-refractivity contribution >= 4 is 28.6 Å². The largest absolute Gasteiger partial charge is 0.352 e. The summed E-state index contributed by atoms with van der Waals surface area (Å²) in [6.45, 7) is 7.12. The Kier molecular flexibility index (Phi) is 3.84. The van der Waals surface area contributed by atoms with E-state index in [9.17, 15) is 4.79 Å². The topological polar surface area (TPSA) is 42.0 Å². The van der Waals surface area contributed by atoms with Gasteiger partial charge in [-0.2, -0.15) is 11.3 Å². The van der Waals surface area contributed by atoms with Gasteiger partial charge in [0.25, 0.3) is 0 Å². The minimum Gasteiger partial charge on any atom is -0.352 e. The van der Waals surface area contributed by atoms with Crippen LogP contribution in [0.3, 0.4) is 0 Å². The molecule has 2 heterocycles. The summed E-state index contributed by atoms with van der Waals surface area (Å²) in [6, 6.07) is 2.39. The molecule has 2 bridgehead atoms. The maximum Gasteiger partial charge on any atom is 0.226 e. The molecule has 2 aliphatic rings. The first-order valence-electron chi connectivity index (χ1n) is 8.66. The fourth-order valence-corrected chi connectivity index (χ4v) is 6.27. The Morgan fingerprint density at radius 2 is 2.21 bits per heavy atom. The Morgan fingerprint density at radius 1 is 1.38 bits per heavy atom. The lowest BCUT2D eigenvalue weighted by atomic mass is 9.69. The SMILES string of the molecule is CC1(C)C2CCC1(C)C(NC(=O)Cc1csc(-c3ccsc3)n1)C2. The van der Waals surface area contributed by atoms with E-state index < -0.39 is 0 Å². The van der Waals surface area contributed by atoms with Crippen LogP contribution in [0.5, 0.6) is 0 Å². The third-order valence-corrected chi connectivity index (χ3v) is 8.41. The Labute approximate surface area is 151 Å². The number of thiophene rings is 1. The van der Waals surface area contributed by atoms with Gasteiger partial charge in [-0.25, -0.2) is 4.98 Å². The number of amides is 1. The number of carbonyl (C=O) groups excluding carboxylic acids is 1. The van der Waals surface area contributed by atoms with E-state index in [1.54, 1.807) is 22.7 Å². The van der Waals surface area contributed by atoms with Gasteiger partial charge in [-0.1, -0.05) is 20.8 Å². The molecule has 128 valence electrons. The third-order valence-electron chi connectivity index (χ3n) is 6.79. The zero-order chi connectivity index (χ0) is 16.9. The minimum atomic E-state index is 0.117. The summed E-state index contributed by atoms with van der Waals surface area (Å²) in [4.78, 5) is 17.2. The van der Waals surface area contributed by atoms with Gasteiger partial charge in [0.05, 0.1) is 12.1 Å². The lowest BCUT2D eigenvalue weighted by Crippen LogP contribution is -2.47. The Bertz CT molecular complexity index is 749. The van der Waals surface area contributed by atoms with Gasteiger partial charge in [0.1, 0.15) is 5.01 Å². The Balaban J connectivity index is 1.41. The van der Waals surface area contributed by atoms with E-state index in [1.165, 1.54) is 12.8 Å². The van der Waals surface area contributed by atoms with Crippen molar-refractivity contribution in [3.63, 3.8) is 0 Å². The molecule has 3 atom stereocenters. The minimum absolute atomic E-state index is 0.117. The van der Waals surface area contributed by atoms with E-state index in [-0.39, 0.29) is 11.3 Å². The molecule has 3 nitrogen and oxygen atoms in total. The van der Waals surface area contributed by atoms with Gasteiger partial charge in [0, 0.05) is 22.4 Å². The van der Waals surface area contributed by atoms with Crippen molar-refractivity contribution in [2.75, 3.05) is 0 Å². The normalized spacial score (nSPS) is 30.6. The Morgan fingerprint density at radius 3 is 2.83 bits per heavy atom. The molecule has 24 heavy (non-hydrogen) atoms. The van der Waals surface area contributed by atoms with Crippen LogP contribution in [0.2, 0.25) is 0 Å². The molecule has 5 heteroatoms. The number of hydrogen-bond acceptors (Lipinski definition) is 4. The van der Waals surface area contributed by atoms with E-state index in [2.05, 4.69) is 47.9 Å². The molecule has 0 aliphatic heterocycles. The quantitative estimate of drug-likeness (QED) is 0.855. The first kappa shape index (κ1) is 16.3. The van der Waals surface area contributed by atoms with Crippen molar-refractivity contribution in [3.05, 3.63) is 27.9 Å². The summed E-state index contributed by atoms with van der Waals surface area (Å²) in [5, 5.41) is 10.5. The molecule has 2 fully saturated rings. The van der Waals surface area contributed by atoms with E-state index in [0.29, 0.717) is 17.9 Å². The average Bonchev–Trinajstić information content (AvgIpc) is 3.25. The highest BCUT2D eigenvalue weighted by molar-refractivity contribution is 7.14. The van der Waals surface area contributed by atoms with E-state index in [1.807, 2.05) is 5.38 Å². The first-order chi connectivity index (χ1) is 11.4. The highest BCUT2D eigenvalue weighted by Crippen LogP contribution is 2.65. The summed E-state index contributed by atoms with van der Waals surface area (Å²) >= 11 is 3.29. The molecule has 2 aliphatic carbocycles. The number of hydrogen-bond donors (Lipinski definition) is 1. The van der Waals surface area contributed by atoms with Crippen molar-refractivity contribution in [2.45, 2.75) is 52.5 Å². The van der Waals surface area contributed by atoms with Crippen LogP contribution in [0.15, 0.2) is 22.2 Å². The fourth-order valence-electron chi connectivity index (χ4n) is 4.74. The second-order valence-corrected chi connectivity index (χ2v) is 9.70. The predicted octanol–water partition coefficient (Wildman–Crippen LogP) is 4.75. The summed E-state index contributed by atoms with van der Waals surface area (Å²) in [5.41, 5.74) is 2.60. The summed E-state index contributed by atoms with van der Waals surface area (Å²) in [7, 11) is 0. The average molecular weight is 361 g/mol. The molecule has 1 amide bonds. The highest BCUT2D eigenvalue weighted by atomic mass is 32.1. The molecule has 0 saturated heterocycles. The molecule has 0 aromatic carbocycles. The third kappa shape index (κ3) is 2.44. The number of carbonyl (C=O) groups is 1. The van der Waals surface area contributed by atoms with Gasteiger partial charge in [-0.3, -0.25) is 4.79 Å². The van der Waals surface area contributed by atoms with Gasteiger partial charge >= 0.3 is 0 Å². The lowest BCUT2D eigenvalue weighted by Gasteiger charge is -2.39. The molecule has 0 spiro atoms.